The van der Waals surface area contributed by atoms with Gasteiger partial charge in [-0.2, -0.15) is 0 Å². The van der Waals surface area contributed by atoms with Crippen LogP contribution in [0, 0.1) is 20.8 Å². The Bertz CT molecular complexity index is 425. The standard InChI is InChI=1S/C15H26N2O/c1-10-7-11(2)13(14(18-6)12(10)3)15(4,5)8-17-9-16/h7,17H,8-9,16H2,1-6H3. The Hall–Kier alpha value is -1.06. The van der Waals surface area contributed by atoms with Crippen LogP contribution >= 0.6 is 0 Å². The van der Waals surface area contributed by atoms with E-state index in [1.807, 2.05) is 0 Å². The van der Waals surface area contributed by atoms with E-state index in [1.54, 1.807) is 7.11 Å². The minimum atomic E-state index is -0.00669. The van der Waals surface area contributed by atoms with E-state index >= 15 is 0 Å². The molecule has 3 nitrogen and oxygen atoms in total. The molecule has 0 spiro atoms. The molecule has 0 aliphatic heterocycles. The molecule has 1 aromatic rings. The number of hydrogen-bond donors (Lipinski definition) is 2. The molecule has 0 fully saturated rings. The SMILES string of the molecule is COc1c(C)c(C)cc(C)c1C(C)(C)CNCN. The highest BCUT2D eigenvalue weighted by Crippen LogP contribution is 2.37. The second-order valence-corrected chi connectivity index (χ2v) is 5.56. The maximum Gasteiger partial charge on any atom is 0.126 e. The van der Waals surface area contributed by atoms with Crippen molar-refractivity contribution in [1.29, 1.82) is 0 Å². The van der Waals surface area contributed by atoms with Crippen LogP contribution in [0.4, 0.5) is 0 Å². The number of aryl methyl sites for hydroxylation is 2. The van der Waals surface area contributed by atoms with Crippen LogP contribution in [0.1, 0.15) is 36.1 Å². The van der Waals surface area contributed by atoms with Crippen LogP contribution in [0.5, 0.6) is 5.75 Å². The Labute approximate surface area is 111 Å². The molecule has 0 unspecified atom stereocenters. The van der Waals surface area contributed by atoms with Crippen LogP contribution in [0.25, 0.3) is 0 Å². The highest BCUT2D eigenvalue weighted by molar-refractivity contribution is 5.53. The minimum absolute atomic E-state index is 0.00669. The minimum Gasteiger partial charge on any atom is -0.496 e. The lowest BCUT2D eigenvalue weighted by Crippen LogP contribution is -2.36. The van der Waals surface area contributed by atoms with Crippen LogP contribution in [0.15, 0.2) is 6.07 Å². The molecule has 0 amide bonds. The van der Waals surface area contributed by atoms with Crippen molar-refractivity contribution in [2.75, 3.05) is 20.3 Å². The molecule has 0 atom stereocenters. The second-order valence-electron chi connectivity index (χ2n) is 5.56. The van der Waals surface area contributed by atoms with Gasteiger partial charge in [0.05, 0.1) is 7.11 Å². The number of hydrogen-bond acceptors (Lipinski definition) is 3. The van der Waals surface area contributed by atoms with Crippen molar-refractivity contribution in [3.05, 3.63) is 28.3 Å². The fourth-order valence-electron chi connectivity index (χ4n) is 2.62. The first kappa shape index (κ1) is 15.0. The zero-order chi connectivity index (χ0) is 13.9. The van der Waals surface area contributed by atoms with Crippen LogP contribution in [0.3, 0.4) is 0 Å². The number of benzene rings is 1. The lowest BCUT2D eigenvalue weighted by molar-refractivity contribution is 0.382. The number of rotatable bonds is 5. The van der Waals surface area contributed by atoms with Crippen molar-refractivity contribution < 1.29 is 4.74 Å². The van der Waals surface area contributed by atoms with Gasteiger partial charge in [-0.3, -0.25) is 0 Å². The summed E-state index contributed by atoms with van der Waals surface area (Å²) in [6, 6.07) is 2.23. The molecular formula is C15H26N2O. The largest absolute Gasteiger partial charge is 0.496 e. The molecule has 0 bridgehead atoms. The topological polar surface area (TPSA) is 47.3 Å². The second kappa shape index (κ2) is 5.72. The number of nitrogens with one attached hydrogen (secondary N) is 1. The zero-order valence-electron chi connectivity index (χ0n) is 12.5. The van der Waals surface area contributed by atoms with E-state index < -0.39 is 0 Å². The van der Waals surface area contributed by atoms with Gasteiger partial charge in [0, 0.05) is 24.2 Å². The molecule has 0 radical (unpaired) electrons. The summed E-state index contributed by atoms with van der Waals surface area (Å²) < 4.78 is 5.65. The van der Waals surface area contributed by atoms with Crippen molar-refractivity contribution in [2.24, 2.45) is 5.73 Å². The highest BCUT2D eigenvalue weighted by atomic mass is 16.5. The summed E-state index contributed by atoms with van der Waals surface area (Å²) in [4.78, 5) is 0. The van der Waals surface area contributed by atoms with E-state index in [1.165, 1.54) is 22.3 Å². The van der Waals surface area contributed by atoms with Crippen molar-refractivity contribution in [2.45, 2.75) is 40.0 Å². The normalized spacial score (nSPS) is 11.7. The number of ether oxygens (including phenoxy) is 1. The third-order valence-corrected chi connectivity index (χ3v) is 3.58. The van der Waals surface area contributed by atoms with Gasteiger partial charge in [-0.1, -0.05) is 19.9 Å². The predicted octanol–water partition coefficient (Wildman–Crippen LogP) is 2.40. The smallest absolute Gasteiger partial charge is 0.126 e. The van der Waals surface area contributed by atoms with E-state index in [4.69, 9.17) is 10.5 Å². The zero-order valence-corrected chi connectivity index (χ0v) is 12.5. The van der Waals surface area contributed by atoms with E-state index in [2.05, 4.69) is 46.0 Å². The Morgan fingerprint density at radius 2 is 1.83 bits per heavy atom. The van der Waals surface area contributed by atoms with Crippen LogP contribution in [0.2, 0.25) is 0 Å². The number of methoxy groups -OCH3 is 1. The quantitative estimate of drug-likeness (QED) is 0.789. The fraction of sp³-hybridized carbons (Fsp3) is 0.600. The molecule has 0 saturated carbocycles. The van der Waals surface area contributed by atoms with E-state index in [9.17, 15) is 0 Å². The van der Waals surface area contributed by atoms with Crippen molar-refractivity contribution >= 4 is 0 Å². The summed E-state index contributed by atoms with van der Waals surface area (Å²) in [5.74, 6) is 1.01. The first-order chi connectivity index (χ1) is 8.35. The van der Waals surface area contributed by atoms with Crippen LogP contribution in [-0.2, 0) is 5.41 Å². The average Bonchev–Trinajstić information content (AvgIpc) is 2.30. The molecule has 0 aliphatic rings. The highest BCUT2D eigenvalue weighted by Gasteiger charge is 2.27. The summed E-state index contributed by atoms with van der Waals surface area (Å²) in [6.45, 7) is 12.2. The van der Waals surface area contributed by atoms with Crippen molar-refractivity contribution in [3.8, 4) is 5.75 Å². The molecule has 0 heterocycles. The van der Waals surface area contributed by atoms with Crippen LogP contribution in [-0.4, -0.2) is 20.3 Å². The Balaban J connectivity index is 3.34. The van der Waals surface area contributed by atoms with Gasteiger partial charge in [-0.15, -0.1) is 0 Å². The molecule has 0 aromatic heterocycles. The molecule has 1 rings (SSSR count). The van der Waals surface area contributed by atoms with Gasteiger partial charge in [0.1, 0.15) is 5.75 Å². The van der Waals surface area contributed by atoms with Crippen molar-refractivity contribution in [3.63, 3.8) is 0 Å². The van der Waals surface area contributed by atoms with E-state index in [0.717, 1.165) is 12.3 Å². The molecule has 3 heteroatoms. The van der Waals surface area contributed by atoms with Crippen molar-refractivity contribution in [1.82, 2.24) is 5.32 Å². The Kier molecular flexibility index (Phi) is 4.77. The van der Waals surface area contributed by atoms with Gasteiger partial charge in [0.25, 0.3) is 0 Å². The Morgan fingerprint density at radius 1 is 1.22 bits per heavy atom. The fourth-order valence-corrected chi connectivity index (χ4v) is 2.62. The molecule has 3 N–H and O–H groups in total. The summed E-state index contributed by atoms with van der Waals surface area (Å²) in [5.41, 5.74) is 10.6. The summed E-state index contributed by atoms with van der Waals surface area (Å²) in [5, 5.41) is 3.22. The predicted molar refractivity (Wildman–Crippen MR) is 77.3 cm³/mol. The van der Waals surface area contributed by atoms with Gasteiger partial charge in [0.2, 0.25) is 0 Å². The third kappa shape index (κ3) is 2.85. The third-order valence-electron chi connectivity index (χ3n) is 3.58. The summed E-state index contributed by atoms with van der Waals surface area (Å²) >= 11 is 0. The van der Waals surface area contributed by atoms with Gasteiger partial charge in [-0.25, -0.2) is 0 Å². The first-order valence-electron chi connectivity index (χ1n) is 6.41. The number of nitrogens with two attached hydrogens (primary N) is 1. The van der Waals surface area contributed by atoms with Crippen LogP contribution < -0.4 is 15.8 Å². The molecule has 102 valence electrons. The maximum absolute atomic E-state index is 5.65. The molecule has 0 aliphatic carbocycles. The van der Waals surface area contributed by atoms with Gasteiger partial charge < -0.3 is 15.8 Å². The molecule has 18 heavy (non-hydrogen) atoms. The molecular weight excluding hydrogens is 224 g/mol. The molecule has 1 aromatic carbocycles. The Morgan fingerprint density at radius 3 is 2.33 bits per heavy atom. The van der Waals surface area contributed by atoms with Gasteiger partial charge in [-0.05, 0) is 37.5 Å². The van der Waals surface area contributed by atoms with Gasteiger partial charge in [0.15, 0.2) is 0 Å². The lowest BCUT2D eigenvalue weighted by atomic mass is 9.79. The molecule has 0 saturated heterocycles. The van der Waals surface area contributed by atoms with E-state index in [0.29, 0.717) is 6.67 Å². The van der Waals surface area contributed by atoms with E-state index in [-0.39, 0.29) is 5.41 Å². The lowest BCUT2D eigenvalue weighted by Gasteiger charge is -2.30. The maximum atomic E-state index is 5.65. The van der Waals surface area contributed by atoms with Gasteiger partial charge >= 0.3 is 0 Å². The average molecular weight is 250 g/mol. The summed E-state index contributed by atoms with van der Waals surface area (Å²) in [6.07, 6.45) is 0. The first-order valence-corrected chi connectivity index (χ1v) is 6.41. The monoisotopic (exact) mass is 250 g/mol. The summed E-state index contributed by atoms with van der Waals surface area (Å²) in [7, 11) is 1.75.